The lowest BCUT2D eigenvalue weighted by molar-refractivity contribution is -0.132. The largest absolute Gasteiger partial charge is 0.497 e. The maximum Gasteiger partial charge on any atom is 0.317 e. The molecule has 1 aliphatic rings. The highest BCUT2D eigenvalue weighted by Crippen LogP contribution is 2.14. The average molecular weight is 361 g/mol. The standard InChI is InChI=1S/C20H31N3O3/c1-15(2)16(3)21-20(25)23-13-11-22(12-14-23)19(24)10-7-17-5-8-18(26-4)9-6-17/h5-6,8-9,15-16H,7,10-14H2,1-4H3,(H,21,25)/t16-/m1/s1. The third-order valence-corrected chi connectivity index (χ3v) is 5.06. The van der Waals surface area contributed by atoms with E-state index in [1.54, 1.807) is 12.0 Å². The summed E-state index contributed by atoms with van der Waals surface area (Å²) < 4.78 is 5.14. The molecule has 1 aromatic carbocycles. The van der Waals surface area contributed by atoms with Crippen LogP contribution < -0.4 is 10.1 Å². The first-order chi connectivity index (χ1) is 12.4. The minimum absolute atomic E-state index is 0.0310. The van der Waals surface area contributed by atoms with Crippen LogP contribution in [0.15, 0.2) is 24.3 Å². The van der Waals surface area contributed by atoms with Crippen LogP contribution in [0.1, 0.15) is 32.8 Å². The molecule has 1 heterocycles. The first kappa shape index (κ1) is 20.1. The van der Waals surface area contributed by atoms with E-state index in [4.69, 9.17) is 4.74 Å². The Bertz CT molecular complexity index is 593. The highest BCUT2D eigenvalue weighted by molar-refractivity contribution is 5.78. The molecule has 0 bridgehead atoms. The van der Waals surface area contributed by atoms with E-state index in [2.05, 4.69) is 19.2 Å². The van der Waals surface area contributed by atoms with E-state index in [9.17, 15) is 9.59 Å². The zero-order valence-corrected chi connectivity index (χ0v) is 16.3. The predicted octanol–water partition coefficient (Wildman–Crippen LogP) is 2.53. The number of carbonyl (C=O) groups is 2. The van der Waals surface area contributed by atoms with Gasteiger partial charge in [-0.25, -0.2) is 4.79 Å². The van der Waals surface area contributed by atoms with E-state index in [-0.39, 0.29) is 18.0 Å². The molecule has 6 nitrogen and oxygen atoms in total. The number of ether oxygens (including phenoxy) is 1. The van der Waals surface area contributed by atoms with Crippen LogP contribution in [0.4, 0.5) is 4.79 Å². The Balaban J connectivity index is 1.74. The van der Waals surface area contributed by atoms with Crippen molar-refractivity contribution in [1.82, 2.24) is 15.1 Å². The van der Waals surface area contributed by atoms with Crippen LogP contribution in [0.5, 0.6) is 5.75 Å². The smallest absolute Gasteiger partial charge is 0.317 e. The molecule has 26 heavy (non-hydrogen) atoms. The van der Waals surface area contributed by atoms with Crippen LogP contribution in [-0.4, -0.2) is 61.1 Å². The van der Waals surface area contributed by atoms with E-state index < -0.39 is 0 Å². The van der Waals surface area contributed by atoms with Crippen molar-refractivity contribution in [3.05, 3.63) is 29.8 Å². The lowest BCUT2D eigenvalue weighted by Crippen LogP contribution is -2.54. The molecule has 0 radical (unpaired) electrons. The van der Waals surface area contributed by atoms with E-state index in [0.717, 1.165) is 17.7 Å². The molecule has 1 fully saturated rings. The molecule has 6 heteroatoms. The zero-order valence-electron chi connectivity index (χ0n) is 16.3. The fraction of sp³-hybridized carbons (Fsp3) is 0.600. The van der Waals surface area contributed by atoms with Crippen molar-refractivity contribution in [3.8, 4) is 5.75 Å². The molecule has 0 saturated carbocycles. The fourth-order valence-electron chi connectivity index (χ4n) is 2.81. The zero-order chi connectivity index (χ0) is 19.1. The number of hydrogen-bond donors (Lipinski definition) is 1. The number of rotatable bonds is 6. The minimum Gasteiger partial charge on any atom is -0.497 e. The third-order valence-electron chi connectivity index (χ3n) is 5.06. The van der Waals surface area contributed by atoms with Gasteiger partial charge in [-0.3, -0.25) is 4.79 Å². The van der Waals surface area contributed by atoms with Crippen molar-refractivity contribution < 1.29 is 14.3 Å². The molecule has 0 aromatic heterocycles. The van der Waals surface area contributed by atoms with Gasteiger partial charge in [-0.2, -0.15) is 0 Å². The summed E-state index contributed by atoms with van der Waals surface area (Å²) in [5.74, 6) is 1.37. The topological polar surface area (TPSA) is 61.9 Å². The SMILES string of the molecule is COc1ccc(CCC(=O)N2CCN(C(=O)N[C@H](C)C(C)C)CC2)cc1. The van der Waals surface area contributed by atoms with Gasteiger partial charge in [0.05, 0.1) is 7.11 Å². The van der Waals surface area contributed by atoms with Gasteiger partial charge < -0.3 is 19.9 Å². The molecular weight excluding hydrogens is 330 g/mol. The normalized spacial score (nSPS) is 15.7. The summed E-state index contributed by atoms with van der Waals surface area (Å²) in [6.07, 6.45) is 1.21. The van der Waals surface area contributed by atoms with Crippen molar-refractivity contribution in [2.24, 2.45) is 5.92 Å². The monoisotopic (exact) mass is 361 g/mol. The number of piperazine rings is 1. The molecule has 144 valence electrons. The van der Waals surface area contributed by atoms with Gasteiger partial charge in [-0.1, -0.05) is 26.0 Å². The molecule has 1 aliphatic heterocycles. The second-order valence-electron chi connectivity index (χ2n) is 7.20. The Morgan fingerprint density at radius 3 is 2.15 bits per heavy atom. The molecule has 0 unspecified atom stereocenters. The number of hydrogen-bond acceptors (Lipinski definition) is 3. The number of aryl methyl sites for hydroxylation is 1. The Morgan fingerprint density at radius 2 is 1.62 bits per heavy atom. The van der Waals surface area contributed by atoms with Crippen molar-refractivity contribution in [3.63, 3.8) is 0 Å². The third kappa shape index (κ3) is 5.64. The molecule has 1 N–H and O–H groups in total. The Kier molecular flexibility index (Phi) is 7.30. The van der Waals surface area contributed by atoms with E-state index >= 15 is 0 Å². The number of carbonyl (C=O) groups excluding carboxylic acids is 2. The number of nitrogens with one attached hydrogen (secondary N) is 1. The van der Waals surface area contributed by atoms with Gasteiger partial charge in [0, 0.05) is 38.6 Å². The van der Waals surface area contributed by atoms with Crippen LogP contribution >= 0.6 is 0 Å². The van der Waals surface area contributed by atoms with Crippen LogP contribution in [-0.2, 0) is 11.2 Å². The molecule has 0 aliphatic carbocycles. The molecular formula is C20H31N3O3. The fourth-order valence-corrected chi connectivity index (χ4v) is 2.81. The van der Waals surface area contributed by atoms with Crippen molar-refractivity contribution in [1.29, 1.82) is 0 Å². The molecule has 0 spiro atoms. The first-order valence-corrected chi connectivity index (χ1v) is 9.37. The lowest BCUT2D eigenvalue weighted by atomic mass is 10.1. The van der Waals surface area contributed by atoms with Gasteiger partial charge in [-0.05, 0) is 37.0 Å². The predicted molar refractivity (Wildman–Crippen MR) is 102 cm³/mol. The summed E-state index contributed by atoms with van der Waals surface area (Å²) in [4.78, 5) is 28.3. The van der Waals surface area contributed by atoms with Crippen LogP contribution in [0.2, 0.25) is 0 Å². The van der Waals surface area contributed by atoms with Crippen LogP contribution in [0, 0.1) is 5.92 Å². The van der Waals surface area contributed by atoms with Gasteiger partial charge in [0.25, 0.3) is 0 Å². The van der Waals surface area contributed by atoms with Gasteiger partial charge in [0.1, 0.15) is 5.75 Å². The van der Waals surface area contributed by atoms with Crippen LogP contribution in [0.3, 0.4) is 0 Å². The van der Waals surface area contributed by atoms with Gasteiger partial charge in [0.15, 0.2) is 0 Å². The molecule has 1 atom stereocenters. The number of nitrogens with zero attached hydrogens (tertiary/aromatic N) is 2. The number of amides is 3. The number of benzene rings is 1. The van der Waals surface area contributed by atoms with Gasteiger partial charge in [0.2, 0.25) is 5.91 Å². The summed E-state index contributed by atoms with van der Waals surface area (Å²) in [5.41, 5.74) is 1.12. The van der Waals surface area contributed by atoms with Crippen molar-refractivity contribution in [2.45, 2.75) is 39.7 Å². The van der Waals surface area contributed by atoms with Crippen LogP contribution in [0.25, 0.3) is 0 Å². The second kappa shape index (κ2) is 9.46. The molecule has 3 amide bonds. The van der Waals surface area contributed by atoms with Gasteiger partial charge in [-0.15, -0.1) is 0 Å². The van der Waals surface area contributed by atoms with Gasteiger partial charge >= 0.3 is 6.03 Å². The summed E-state index contributed by atoms with van der Waals surface area (Å²) in [6, 6.07) is 7.92. The lowest BCUT2D eigenvalue weighted by Gasteiger charge is -2.35. The summed E-state index contributed by atoms with van der Waals surface area (Å²) >= 11 is 0. The molecule has 1 aromatic rings. The highest BCUT2D eigenvalue weighted by Gasteiger charge is 2.24. The Hall–Kier alpha value is -2.24. The quantitative estimate of drug-likeness (QED) is 0.847. The Morgan fingerprint density at radius 1 is 1.04 bits per heavy atom. The van der Waals surface area contributed by atoms with E-state index in [0.29, 0.717) is 38.5 Å². The average Bonchev–Trinajstić information content (AvgIpc) is 2.66. The maximum absolute atomic E-state index is 12.4. The second-order valence-corrected chi connectivity index (χ2v) is 7.20. The summed E-state index contributed by atoms with van der Waals surface area (Å²) in [5, 5.41) is 3.02. The minimum atomic E-state index is -0.0310. The first-order valence-electron chi connectivity index (χ1n) is 9.37. The highest BCUT2D eigenvalue weighted by atomic mass is 16.5. The molecule has 1 saturated heterocycles. The Labute approximate surface area is 156 Å². The van der Waals surface area contributed by atoms with Crippen molar-refractivity contribution in [2.75, 3.05) is 33.3 Å². The summed E-state index contributed by atoms with van der Waals surface area (Å²) in [7, 11) is 1.64. The maximum atomic E-state index is 12.4. The van der Waals surface area contributed by atoms with E-state index in [1.165, 1.54) is 0 Å². The number of methoxy groups -OCH3 is 1. The molecule has 2 rings (SSSR count). The van der Waals surface area contributed by atoms with Crippen molar-refractivity contribution >= 4 is 11.9 Å². The number of urea groups is 1. The van der Waals surface area contributed by atoms with E-state index in [1.807, 2.05) is 36.1 Å². The summed E-state index contributed by atoms with van der Waals surface area (Å²) in [6.45, 7) is 8.57.